The van der Waals surface area contributed by atoms with Crippen LogP contribution in [0.4, 0.5) is 8.78 Å². The minimum absolute atomic E-state index is 0.300. The summed E-state index contributed by atoms with van der Waals surface area (Å²) in [6, 6.07) is 13.3. The number of halogens is 2. The van der Waals surface area contributed by atoms with E-state index >= 15 is 0 Å². The molecule has 2 aromatic rings. The van der Waals surface area contributed by atoms with Crippen LogP contribution in [0.2, 0.25) is 0 Å². The highest BCUT2D eigenvalue weighted by Crippen LogP contribution is 2.17. The Labute approximate surface area is 159 Å². The fourth-order valence-corrected chi connectivity index (χ4v) is 3.29. The lowest BCUT2D eigenvalue weighted by atomic mass is 10.2. The van der Waals surface area contributed by atoms with E-state index in [4.69, 9.17) is 9.47 Å². The Morgan fingerprint density at radius 3 is 1.96 bits per heavy atom. The molecule has 0 bridgehead atoms. The van der Waals surface area contributed by atoms with Gasteiger partial charge in [0, 0.05) is 38.8 Å². The Kier molecular flexibility index (Phi) is 7.01. The lowest BCUT2D eigenvalue weighted by molar-refractivity contribution is 0.0634. The van der Waals surface area contributed by atoms with E-state index in [1.165, 1.54) is 12.1 Å². The van der Waals surface area contributed by atoms with Crippen LogP contribution >= 0.6 is 0 Å². The van der Waals surface area contributed by atoms with Crippen LogP contribution in [-0.4, -0.2) is 61.8 Å². The van der Waals surface area contributed by atoms with Gasteiger partial charge in [0.25, 0.3) is 0 Å². The molecule has 0 aliphatic carbocycles. The van der Waals surface area contributed by atoms with Crippen LogP contribution in [0, 0.1) is 11.6 Å². The first kappa shape index (κ1) is 19.6. The topological polar surface area (TPSA) is 24.9 Å². The Balaban J connectivity index is 1.36. The van der Waals surface area contributed by atoms with Gasteiger partial charge in [-0.25, -0.2) is 8.78 Å². The normalized spacial score (nSPS) is 18.4. The molecule has 2 aromatic carbocycles. The van der Waals surface area contributed by atoms with Crippen LogP contribution in [0.1, 0.15) is 6.92 Å². The average molecular weight is 376 g/mol. The summed E-state index contributed by atoms with van der Waals surface area (Å²) >= 11 is 0. The van der Waals surface area contributed by atoms with Crippen molar-refractivity contribution in [2.24, 2.45) is 0 Å². The average Bonchev–Trinajstić information content (AvgIpc) is 2.66. The van der Waals surface area contributed by atoms with E-state index in [-0.39, 0.29) is 11.6 Å². The first-order chi connectivity index (χ1) is 13.1. The van der Waals surface area contributed by atoms with Crippen LogP contribution in [0.25, 0.3) is 0 Å². The van der Waals surface area contributed by atoms with Gasteiger partial charge in [-0.3, -0.25) is 9.80 Å². The molecule has 0 N–H and O–H groups in total. The molecule has 4 nitrogen and oxygen atoms in total. The summed E-state index contributed by atoms with van der Waals surface area (Å²) in [6.45, 7) is 7.37. The van der Waals surface area contributed by atoms with Crippen LogP contribution in [0.5, 0.6) is 11.5 Å². The van der Waals surface area contributed by atoms with E-state index in [1.807, 2.05) is 0 Å². The zero-order valence-electron chi connectivity index (χ0n) is 15.6. The fraction of sp³-hybridized carbons (Fsp3) is 0.429. The fourth-order valence-electron chi connectivity index (χ4n) is 3.29. The van der Waals surface area contributed by atoms with E-state index in [0.717, 1.165) is 32.7 Å². The minimum atomic E-state index is -0.328. The molecule has 0 aromatic heterocycles. The smallest absolute Gasteiger partial charge is 0.165 e. The molecule has 27 heavy (non-hydrogen) atoms. The first-order valence-corrected chi connectivity index (χ1v) is 9.34. The predicted octanol–water partition coefficient (Wildman–Crippen LogP) is 3.43. The number of rotatable bonds is 8. The van der Waals surface area contributed by atoms with Gasteiger partial charge in [-0.1, -0.05) is 24.3 Å². The molecular formula is C21H26F2N2O2. The lowest BCUT2D eigenvalue weighted by Crippen LogP contribution is -2.53. The predicted molar refractivity (Wildman–Crippen MR) is 101 cm³/mol. The molecule has 1 fully saturated rings. The SMILES string of the molecule is CC1CN(CCOc2ccccc2F)CCN1CCOc1ccccc1F. The van der Waals surface area contributed by atoms with Gasteiger partial charge >= 0.3 is 0 Å². The van der Waals surface area contributed by atoms with Gasteiger partial charge in [0.15, 0.2) is 23.1 Å². The van der Waals surface area contributed by atoms with Crippen LogP contribution in [0.15, 0.2) is 48.5 Å². The molecule has 1 aliphatic rings. The number of hydrogen-bond acceptors (Lipinski definition) is 4. The Morgan fingerprint density at radius 1 is 0.852 bits per heavy atom. The van der Waals surface area contributed by atoms with Gasteiger partial charge in [0.1, 0.15) is 13.2 Å². The summed E-state index contributed by atoms with van der Waals surface area (Å²) in [6.07, 6.45) is 0. The van der Waals surface area contributed by atoms with Crippen molar-refractivity contribution in [2.75, 3.05) is 45.9 Å². The molecule has 0 amide bonds. The third-order valence-electron chi connectivity index (χ3n) is 4.82. The van der Waals surface area contributed by atoms with E-state index in [0.29, 0.717) is 30.8 Å². The first-order valence-electron chi connectivity index (χ1n) is 9.34. The zero-order valence-corrected chi connectivity index (χ0v) is 15.6. The van der Waals surface area contributed by atoms with Gasteiger partial charge < -0.3 is 9.47 Å². The summed E-state index contributed by atoms with van der Waals surface area (Å²) in [5.41, 5.74) is 0. The molecule has 3 rings (SSSR count). The van der Waals surface area contributed by atoms with E-state index < -0.39 is 0 Å². The maximum absolute atomic E-state index is 13.6. The van der Waals surface area contributed by atoms with Crippen molar-refractivity contribution in [3.8, 4) is 11.5 Å². The summed E-state index contributed by atoms with van der Waals surface area (Å²) in [7, 11) is 0. The number of para-hydroxylation sites is 2. The quantitative estimate of drug-likeness (QED) is 0.705. The Morgan fingerprint density at radius 2 is 1.41 bits per heavy atom. The second kappa shape index (κ2) is 9.67. The largest absolute Gasteiger partial charge is 0.489 e. The van der Waals surface area contributed by atoms with Crippen molar-refractivity contribution in [2.45, 2.75) is 13.0 Å². The molecule has 1 heterocycles. The summed E-state index contributed by atoms with van der Waals surface area (Å²) in [5.74, 6) is -0.0562. The summed E-state index contributed by atoms with van der Waals surface area (Å²) in [5, 5.41) is 0. The third-order valence-corrected chi connectivity index (χ3v) is 4.82. The number of benzene rings is 2. The van der Waals surface area contributed by atoms with Crippen LogP contribution in [0.3, 0.4) is 0 Å². The highest BCUT2D eigenvalue weighted by atomic mass is 19.1. The molecule has 1 unspecified atom stereocenters. The molecule has 0 saturated carbocycles. The van der Waals surface area contributed by atoms with Gasteiger partial charge in [0.05, 0.1) is 0 Å². The highest BCUT2D eigenvalue weighted by Gasteiger charge is 2.23. The molecule has 146 valence electrons. The van der Waals surface area contributed by atoms with E-state index in [2.05, 4.69) is 16.7 Å². The number of nitrogens with zero attached hydrogens (tertiary/aromatic N) is 2. The van der Waals surface area contributed by atoms with Gasteiger partial charge in [-0.2, -0.15) is 0 Å². The third kappa shape index (κ3) is 5.65. The maximum Gasteiger partial charge on any atom is 0.165 e. The second-order valence-corrected chi connectivity index (χ2v) is 6.74. The van der Waals surface area contributed by atoms with Gasteiger partial charge in [0.2, 0.25) is 0 Å². The maximum atomic E-state index is 13.6. The molecule has 6 heteroatoms. The summed E-state index contributed by atoms with van der Waals surface area (Å²) < 4.78 is 38.2. The monoisotopic (exact) mass is 376 g/mol. The van der Waals surface area contributed by atoms with Crippen molar-refractivity contribution in [1.29, 1.82) is 0 Å². The molecule has 1 aliphatic heterocycles. The molecule has 0 spiro atoms. The minimum Gasteiger partial charge on any atom is -0.489 e. The molecule has 1 atom stereocenters. The number of hydrogen-bond donors (Lipinski definition) is 0. The highest BCUT2D eigenvalue weighted by molar-refractivity contribution is 5.24. The van der Waals surface area contributed by atoms with Crippen molar-refractivity contribution in [1.82, 2.24) is 9.80 Å². The standard InChI is InChI=1S/C21H26F2N2O2/c1-17-16-24(12-14-26-20-8-4-2-6-18(20)22)10-11-25(17)13-15-27-21-9-5-3-7-19(21)23/h2-9,17H,10-16H2,1H3. The van der Waals surface area contributed by atoms with Crippen molar-refractivity contribution in [3.63, 3.8) is 0 Å². The van der Waals surface area contributed by atoms with Crippen LogP contribution in [-0.2, 0) is 0 Å². The van der Waals surface area contributed by atoms with Gasteiger partial charge in [-0.05, 0) is 31.2 Å². The van der Waals surface area contributed by atoms with Crippen LogP contribution < -0.4 is 9.47 Å². The molecule has 1 saturated heterocycles. The number of piperazine rings is 1. The molecular weight excluding hydrogens is 350 g/mol. The Bertz CT molecular complexity index is 729. The van der Waals surface area contributed by atoms with Gasteiger partial charge in [-0.15, -0.1) is 0 Å². The van der Waals surface area contributed by atoms with E-state index in [9.17, 15) is 8.78 Å². The second-order valence-electron chi connectivity index (χ2n) is 6.74. The van der Waals surface area contributed by atoms with E-state index in [1.54, 1.807) is 36.4 Å². The Hall–Kier alpha value is -2.18. The lowest BCUT2D eigenvalue weighted by Gasteiger charge is -2.39. The zero-order chi connectivity index (χ0) is 19.1. The molecule has 0 radical (unpaired) electrons. The summed E-state index contributed by atoms with van der Waals surface area (Å²) in [4.78, 5) is 4.66. The van der Waals surface area contributed by atoms with Crippen molar-refractivity contribution in [3.05, 3.63) is 60.2 Å². The number of ether oxygens (including phenoxy) is 2. The van der Waals surface area contributed by atoms with Crippen molar-refractivity contribution >= 4 is 0 Å². The van der Waals surface area contributed by atoms with Crippen molar-refractivity contribution < 1.29 is 18.3 Å².